The number of rotatable bonds is 8. The highest BCUT2D eigenvalue weighted by atomic mass is 35.5. The number of hydrogen-bond donors (Lipinski definition) is 2. The topological polar surface area (TPSA) is 125 Å². The van der Waals surface area contributed by atoms with Gasteiger partial charge in [-0.25, -0.2) is 0 Å². The van der Waals surface area contributed by atoms with Crippen LogP contribution in [0.5, 0.6) is 5.75 Å². The number of anilines is 1. The molecular formula is C23H29ClN4O5S. The van der Waals surface area contributed by atoms with Gasteiger partial charge in [0.2, 0.25) is 5.91 Å². The van der Waals surface area contributed by atoms with Gasteiger partial charge in [0, 0.05) is 23.6 Å². The number of methoxy groups -OCH3 is 1. The zero-order valence-corrected chi connectivity index (χ0v) is 20.9. The number of benzene rings is 1. The van der Waals surface area contributed by atoms with Crippen molar-refractivity contribution in [3.05, 3.63) is 39.1 Å². The molecule has 0 saturated heterocycles. The Bertz CT molecular complexity index is 1120. The molecule has 2 aromatic rings. The summed E-state index contributed by atoms with van der Waals surface area (Å²) in [7, 11) is 1.42. The van der Waals surface area contributed by atoms with E-state index in [0.717, 1.165) is 25.7 Å². The van der Waals surface area contributed by atoms with E-state index < -0.39 is 17.9 Å². The molecule has 1 aliphatic carbocycles. The number of thiazole rings is 1. The summed E-state index contributed by atoms with van der Waals surface area (Å²) in [4.78, 5) is 41.9. The van der Waals surface area contributed by atoms with E-state index >= 15 is 0 Å². The number of halogens is 1. The van der Waals surface area contributed by atoms with Gasteiger partial charge in [-0.1, -0.05) is 38.3 Å². The van der Waals surface area contributed by atoms with E-state index in [0.29, 0.717) is 10.5 Å². The van der Waals surface area contributed by atoms with Crippen LogP contribution in [0, 0.1) is 11.8 Å². The number of esters is 1. The molecule has 2 amide bonds. The molecule has 0 radical (unpaired) electrons. The molecule has 34 heavy (non-hydrogen) atoms. The molecule has 1 fully saturated rings. The average Bonchev–Trinajstić information content (AvgIpc) is 3.50. The van der Waals surface area contributed by atoms with Crippen LogP contribution >= 0.6 is 22.9 Å². The third-order valence-corrected chi connectivity index (χ3v) is 6.80. The lowest BCUT2D eigenvalue weighted by atomic mass is 10.1. The summed E-state index contributed by atoms with van der Waals surface area (Å²) in [6.07, 6.45) is 5.44. The van der Waals surface area contributed by atoms with Crippen LogP contribution < -0.4 is 20.6 Å². The van der Waals surface area contributed by atoms with Gasteiger partial charge in [-0.3, -0.25) is 19.0 Å². The Balaban J connectivity index is 1.78. The normalized spacial score (nSPS) is 15.4. The summed E-state index contributed by atoms with van der Waals surface area (Å²) >= 11 is 7.57. The Kier molecular flexibility index (Phi) is 8.87. The molecule has 1 atom stereocenters. The molecule has 1 aromatic carbocycles. The molecule has 11 heteroatoms. The SMILES string of the molecule is COc1cc(NC(=O)C2CCCC2)c(Cl)cc1C(=O)/N=c1\sccn1COC(=O)[C@@H](N)C(C)C. The van der Waals surface area contributed by atoms with E-state index in [9.17, 15) is 14.4 Å². The minimum Gasteiger partial charge on any atom is -0.496 e. The fourth-order valence-corrected chi connectivity index (χ4v) is 4.47. The van der Waals surface area contributed by atoms with Crippen LogP contribution in [0.1, 0.15) is 49.9 Å². The molecule has 0 aliphatic heterocycles. The first-order valence-corrected chi connectivity index (χ1v) is 12.3. The van der Waals surface area contributed by atoms with Gasteiger partial charge >= 0.3 is 5.97 Å². The first-order valence-electron chi connectivity index (χ1n) is 11.0. The Labute approximate surface area is 206 Å². The Morgan fingerprint density at radius 1 is 1.29 bits per heavy atom. The first-order chi connectivity index (χ1) is 16.2. The van der Waals surface area contributed by atoms with Crippen molar-refractivity contribution < 1.29 is 23.9 Å². The van der Waals surface area contributed by atoms with E-state index in [2.05, 4.69) is 10.3 Å². The van der Waals surface area contributed by atoms with Gasteiger partial charge in [0.25, 0.3) is 5.91 Å². The zero-order chi connectivity index (χ0) is 24.8. The molecule has 0 unspecified atom stereocenters. The van der Waals surface area contributed by atoms with Crippen molar-refractivity contribution in [1.82, 2.24) is 4.57 Å². The molecule has 1 aliphatic rings. The Morgan fingerprint density at radius 2 is 2.00 bits per heavy atom. The highest BCUT2D eigenvalue weighted by molar-refractivity contribution is 7.07. The number of amides is 2. The molecule has 1 saturated carbocycles. The maximum absolute atomic E-state index is 12.9. The van der Waals surface area contributed by atoms with E-state index in [-0.39, 0.29) is 40.8 Å². The number of carbonyl (C=O) groups excluding carboxylic acids is 3. The monoisotopic (exact) mass is 508 g/mol. The largest absolute Gasteiger partial charge is 0.496 e. The number of nitrogens with zero attached hydrogens (tertiary/aromatic N) is 2. The highest BCUT2D eigenvalue weighted by Crippen LogP contribution is 2.33. The maximum Gasteiger partial charge on any atom is 0.324 e. The molecule has 9 nitrogen and oxygen atoms in total. The van der Waals surface area contributed by atoms with Crippen molar-refractivity contribution in [1.29, 1.82) is 0 Å². The second-order valence-corrected chi connectivity index (χ2v) is 9.72. The molecule has 3 N–H and O–H groups in total. The third kappa shape index (κ3) is 6.25. The second kappa shape index (κ2) is 11.6. The van der Waals surface area contributed by atoms with Crippen LogP contribution in [0.2, 0.25) is 5.02 Å². The highest BCUT2D eigenvalue weighted by Gasteiger charge is 2.24. The lowest BCUT2D eigenvalue weighted by Gasteiger charge is -2.15. The van der Waals surface area contributed by atoms with Gasteiger partial charge in [-0.15, -0.1) is 11.3 Å². The quantitative estimate of drug-likeness (QED) is 0.525. The molecule has 1 heterocycles. The Hall–Kier alpha value is -2.69. The summed E-state index contributed by atoms with van der Waals surface area (Å²) in [5, 5.41) is 4.76. The van der Waals surface area contributed by atoms with Crippen molar-refractivity contribution in [3.8, 4) is 5.75 Å². The van der Waals surface area contributed by atoms with Gasteiger partial charge in [0.15, 0.2) is 11.5 Å². The molecule has 1 aromatic heterocycles. The number of nitrogens with one attached hydrogen (secondary N) is 1. The number of ether oxygens (including phenoxy) is 2. The lowest BCUT2D eigenvalue weighted by Crippen LogP contribution is -2.37. The van der Waals surface area contributed by atoms with Crippen LogP contribution in [0.4, 0.5) is 5.69 Å². The summed E-state index contributed by atoms with van der Waals surface area (Å²) in [5.41, 5.74) is 6.33. The van der Waals surface area contributed by atoms with Crippen molar-refractivity contribution >= 4 is 46.4 Å². The first kappa shape index (κ1) is 25.9. The maximum atomic E-state index is 12.9. The third-order valence-electron chi connectivity index (χ3n) is 5.70. The average molecular weight is 509 g/mol. The van der Waals surface area contributed by atoms with Crippen LogP contribution in [-0.4, -0.2) is 35.5 Å². The van der Waals surface area contributed by atoms with E-state index in [1.54, 1.807) is 11.6 Å². The summed E-state index contributed by atoms with van der Waals surface area (Å²) in [5.74, 6) is -1.07. The predicted octanol–water partition coefficient (Wildman–Crippen LogP) is 3.57. The number of hydrogen-bond acceptors (Lipinski definition) is 7. The van der Waals surface area contributed by atoms with Crippen LogP contribution in [0.25, 0.3) is 0 Å². The van der Waals surface area contributed by atoms with E-state index in [1.807, 2.05) is 13.8 Å². The summed E-state index contributed by atoms with van der Waals surface area (Å²) < 4.78 is 12.1. The molecule has 0 bridgehead atoms. The van der Waals surface area contributed by atoms with Crippen molar-refractivity contribution in [2.24, 2.45) is 22.6 Å². The molecule has 3 rings (SSSR count). The smallest absolute Gasteiger partial charge is 0.324 e. The minimum atomic E-state index is -0.736. The van der Waals surface area contributed by atoms with Crippen LogP contribution in [0.15, 0.2) is 28.7 Å². The second-order valence-electron chi connectivity index (χ2n) is 8.44. The van der Waals surface area contributed by atoms with Gasteiger partial charge in [0.1, 0.15) is 11.8 Å². The molecule has 184 valence electrons. The zero-order valence-electron chi connectivity index (χ0n) is 19.4. The van der Waals surface area contributed by atoms with Crippen LogP contribution in [-0.2, 0) is 21.1 Å². The molecule has 0 spiro atoms. The molecular weight excluding hydrogens is 480 g/mol. The standard InChI is InChI=1S/C23H29ClN4O5S/c1-13(2)19(25)22(31)33-12-28-8-9-34-23(28)27-21(30)15-10-16(24)17(11-18(15)32-3)26-20(29)14-6-4-5-7-14/h8-11,13-14,19H,4-7,12,25H2,1-3H3,(H,26,29)/b27-23-/t19-/m0/s1. The van der Waals surface area contributed by atoms with Crippen molar-refractivity contribution in [2.45, 2.75) is 52.3 Å². The fourth-order valence-electron chi connectivity index (χ4n) is 3.54. The number of aromatic nitrogens is 1. The number of carbonyl (C=O) groups is 3. The fraction of sp³-hybridized carbons (Fsp3) is 0.478. The van der Waals surface area contributed by atoms with Gasteiger partial charge in [-0.05, 0) is 24.8 Å². The van der Waals surface area contributed by atoms with Crippen molar-refractivity contribution in [2.75, 3.05) is 12.4 Å². The summed E-state index contributed by atoms with van der Waals surface area (Å²) in [6.45, 7) is 3.53. The van der Waals surface area contributed by atoms with Gasteiger partial charge in [-0.2, -0.15) is 4.99 Å². The van der Waals surface area contributed by atoms with Crippen LogP contribution in [0.3, 0.4) is 0 Å². The van der Waals surface area contributed by atoms with E-state index in [1.165, 1.54) is 35.1 Å². The van der Waals surface area contributed by atoms with Gasteiger partial charge < -0.3 is 20.5 Å². The Morgan fingerprint density at radius 3 is 2.65 bits per heavy atom. The van der Waals surface area contributed by atoms with Crippen molar-refractivity contribution in [3.63, 3.8) is 0 Å². The van der Waals surface area contributed by atoms with Gasteiger partial charge in [0.05, 0.1) is 23.4 Å². The van der Waals surface area contributed by atoms with E-state index in [4.69, 9.17) is 26.8 Å². The number of nitrogens with two attached hydrogens (primary N) is 1. The minimum absolute atomic E-state index is 0.0307. The lowest BCUT2D eigenvalue weighted by molar-refractivity contribution is -0.150. The predicted molar refractivity (Wildman–Crippen MR) is 130 cm³/mol. The summed E-state index contributed by atoms with van der Waals surface area (Å²) in [6, 6.07) is 2.21.